The van der Waals surface area contributed by atoms with Crippen molar-refractivity contribution in [2.24, 2.45) is 0 Å². The van der Waals surface area contributed by atoms with Crippen molar-refractivity contribution in [1.82, 2.24) is 35.0 Å². The molecule has 0 aliphatic rings. The third kappa shape index (κ3) is 6.85. The monoisotopic (exact) mass is 595 g/mol. The number of aryl methyl sites for hydroxylation is 1. The number of H-pyrrole nitrogens is 2. The van der Waals surface area contributed by atoms with Gasteiger partial charge < -0.3 is 20.5 Å². The zero-order valence-electron chi connectivity index (χ0n) is 24.6. The first-order valence-corrected chi connectivity index (χ1v) is 14.4. The van der Waals surface area contributed by atoms with E-state index in [0.717, 1.165) is 51.7 Å². The Bertz CT molecular complexity index is 1820. The van der Waals surface area contributed by atoms with Crippen LogP contribution in [0.25, 0.3) is 39.4 Å². The molecule has 0 amide bonds. The summed E-state index contributed by atoms with van der Waals surface area (Å²) < 4.78 is 14.7. The van der Waals surface area contributed by atoms with E-state index in [-0.39, 0.29) is 5.82 Å². The summed E-state index contributed by atoms with van der Waals surface area (Å²) in [6.07, 6.45) is 7.75. The number of aromatic nitrogens is 6. The van der Waals surface area contributed by atoms with Crippen LogP contribution in [0.2, 0.25) is 0 Å². The van der Waals surface area contributed by atoms with Gasteiger partial charge in [0.15, 0.2) is 11.5 Å². The van der Waals surface area contributed by atoms with Gasteiger partial charge in [0.05, 0.1) is 33.8 Å². The summed E-state index contributed by atoms with van der Waals surface area (Å²) in [7, 11) is 3.99. The molecular formula is C32H34FN9S. The summed E-state index contributed by atoms with van der Waals surface area (Å²) in [4.78, 5) is 20.4. The van der Waals surface area contributed by atoms with Gasteiger partial charge in [-0.1, -0.05) is 37.9 Å². The SMILES string of the molecule is C=C/C=C(/c1cc(F)cc(NCCN(C)C)c1)c1nc(-c2n[nH]c3ccc(-c4cncc(NC(=S)CC)c4)nc23)[nH]c1C. The van der Waals surface area contributed by atoms with Gasteiger partial charge in [-0.15, -0.1) is 0 Å². The molecule has 0 atom stereocenters. The van der Waals surface area contributed by atoms with Crippen LogP contribution >= 0.6 is 12.2 Å². The maximum atomic E-state index is 14.7. The molecule has 5 aromatic rings. The van der Waals surface area contributed by atoms with Gasteiger partial charge in [0, 0.05) is 41.8 Å². The summed E-state index contributed by atoms with van der Waals surface area (Å²) in [6.45, 7) is 9.32. The molecule has 9 nitrogen and oxygen atoms in total. The van der Waals surface area contributed by atoms with Gasteiger partial charge >= 0.3 is 0 Å². The third-order valence-corrected chi connectivity index (χ3v) is 7.18. The van der Waals surface area contributed by atoms with Gasteiger partial charge in [0.2, 0.25) is 0 Å². The van der Waals surface area contributed by atoms with Gasteiger partial charge in [-0.25, -0.2) is 14.4 Å². The Morgan fingerprint density at radius 2 is 1.95 bits per heavy atom. The molecule has 4 aromatic heterocycles. The van der Waals surface area contributed by atoms with E-state index in [1.54, 1.807) is 18.5 Å². The van der Waals surface area contributed by atoms with Gasteiger partial charge in [-0.05, 0) is 69.4 Å². The van der Waals surface area contributed by atoms with E-state index in [0.29, 0.717) is 40.5 Å². The number of hydrogen-bond donors (Lipinski definition) is 4. The molecule has 0 radical (unpaired) electrons. The Kier molecular flexibility index (Phi) is 9.03. The number of nitrogens with zero attached hydrogens (tertiary/aromatic N) is 5. The van der Waals surface area contributed by atoms with Crippen molar-refractivity contribution >= 4 is 45.2 Å². The van der Waals surface area contributed by atoms with Crippen molar-refractivity contribution in [3.63, 3.8) is 0 Å². The molecule has 0 saturated heterocycles. The molecule has 5 rings (SSSR count). The molecule has 11 heteroatoms. The summed E-state index contributed by atoms with van der Waals surface area (Å²) in [5, 5.41) is 14.1. The fraction of sp³-hybridized carbons (Fsp3) is 0.219. The van der Waals surface area contributed by atoms with E-state index in [1.807, 2.05) is 58.3 Å². The number of likely N-dealkylation sites (N-methyl/N-ethyl adjacent to an activating group) is 1. The van der Waals surface area contributed by atoms with Crippen molar-refractivity contribution < 1.29 is 4.39 Å². The molecule has 4 N–H and O–H groups in total. The van der Waals surface area contributed by atoms with E-state index < -0.39 is 0 Å². The van der Waals surface area contributed by atoms with Crippen molar-refractivity contribution in [3.8, 4) is 22.8 Å². The Labute approximate surface area is 255 Å². The van der Waals surface area contributed by atoms with Crippen LogP contribution in [0.4, 0.5) is 15.8 Å². The normalized spacial score (nSPS) is 11.7. The standard InChI is InChI=1S/C32H34FN9S/c1-6-8-25(20-13-22(33)16-23(14-20)35-11-12-42(4)5)29-19(3)36-32(39-29)31-30-27(40-41-31)10-9-26(38-30)21-15-24(18-34-17-21)37-28(43)7-2/h6,8-10,13-18,35H,1,7,11-12H2,2-5H3,(H,36,39)(H,37,43)(H,40,41)/b25-8-. The Hall–Kier alpha value is -4.74. The number of imidazole rings is 1. The lowest BCUT2D eigenvalue weighted by molar-refractivity contribution is 0.425. The molecule has 4 heterocycles. The lowest BCUT2D eigenvalue weighted by Gasteiger charge is -2.13. The van der Waals surface area contributed by atoms with Crippen molar-refractivity contribution in [3.05, 3.63) is 90.3 Å². The highest BCUT2D eigenvalue weighted by molar-refractivity contribution is 7.80. The molecular weight excluding hydrogens is 561 g/mol. The zero-order valence-corrected chi connectivity index (χ0v) is 25.4. The molecule has 0 spiro atoms. The van der Waals surface area contributed by atoms with Gasteiger partial charge in [-0.2, -0.15) is 5.10 Å². The smallest absolute Gasteiger partial charge is 0.161 e. The number of halogens is 1. The highest BCUT2D eigenvalue weighted by atomic mass is 32.1. The van der Waals surface area contributed by atoms with Crippen molar-refractivity contribution in [2.45, 2.75) is 20.3 Å². The topological polar surface area (TPSA) is 110 Å². The third-order valence-electron chi connectivity index (χ3n) is 6.79. The zero-order chi connectivity index (χ0) is 30.5. The number of pyridine rings is 2. The van der Waals surface area contributed by atoms with E-state index >= 15 is 0 Å². The summed E-state index contributed by atoms with van der Waals surface area (Å²) in [5.41, 5.74) is 7.97. The molecule has 0 saturated carbocycles. The fourth-order valence-corrected chi connectivity index (χ4v) is 4.78. The maximum Gasteiger partial charge on any atom is 0.161 e. The first-order valence-electron chi connectivity index (χ1n) is 14.0. The number of anilines is 2. The quantitative estimate of drug-likeness (QED) is 0.0999. The molecule has 220 valence electrons. The number of allylic oxidation sites excluding steroid dienone is 2. The lowest BCUT2D eigenvalue weighted by Crippen LogP contribution is -2.20. The second-order valence-electron chi connectivity index (χ2n) is 10.4. The number of fused-ring (bicyclic) bond motifs is 1. The van der Waals surface area contributed by atoms with Gasteiger partial charge in [0.25, 0.3) is 0 Å². The van der Waals surface area contributed by atoms with E-state index in [9.17, 15) is 4.39 Å². The largest absolute Gasteiger partial charge is 0.384 e. The fourth-order valence-electron chi connectivity index (χ4n) is 4.66. The van der Waals surface area contributed by atoms with Crippen LogP contribution in [0.15, 0.2) is 67.5 Å². The van der Waals surface area contributed by atoms with Crippen molar-refractivity contribution in [1.29, 1.82) is 0 Å². The minimum absolute atomic E-state index is 0.339. The van der Waals surface area contributed by atoms with Crippen molar-refractivity contribution in [2.75, 3.05) is 37.8 Å². The summed E-state index contributed by atoms with van der Waals surface area (Å²) in [5.74, 6) is 0.203. The number of hydrogen-bond acceptors (Lipinski definition) is 7. The van der Waals surface area contributed by atoms with E-state index in [1.165, 1.54) is 12.1 Å². The Balaban J connectivity index is 1.50. The van der Waals surface area contributed by atoms with Crippen LogP contribution in [0, 0.1) is 12.7 Å². The lowest BCUT2D eigenvalue weighted by atomic mass is 10.00. The number of nitrogens with one attached hydrogen (secondary N) is 4. The van der Waals surface area contributed by atoms with Crippen LogP contribution in [0.5, 0.6) is 0 Å². The summed E-state index contributed by atoms with van der Waals surface area (Å²) >= 11 is 5.33. The highest BCUT2D eigenvalue weighted by Gasteiger charge is 2.20. The van der Waals surface area contributed by atoms with Crippen LogP contribution in [0.3, 0.4) is 0 Å². The van der Waals surface area contributed by atoms with Crippen LogP contribution < -0.4 is 10.6 Å². The maximum absolute atomic E-state index is 14.7. The number of benzene rings is 1. The van der Waals surface area contributed by atoms with Gasteiger partial charge in [0.1, 0.15) is 11.3 Å². The number of rotatable bonds is 11. The van der Waals surface area contributed by atoms with E-state index in [2.05, 4.69) is 42.3 Å². The second kappa shape index (κ2) is 13.1. The molecule has 1 aromatic carbocycles. The molecule has 0 unspecified atom stereocenters. The predicted molar refractivity (Wildman–Crippen MR) is 177 cm³/mol. The Morgan fingerprint density at radius 3 is 2.72 bits per heavy atom. The Morgan fingerprint density at radius 1 is 1.12 bits per heavy atom. The minimum atomic E-state index is -0.339. The highest BCUT2D eigenvalue weighted by Crippen LogP contribution is 2.32. The summed E-state index contributed by atoms with van der Waals surface area (Å²) in [6, 6.07) is 10.7. The van der Waals surface area contributed by atoms with Gasteiger partial charge in [-0.3, -0.25) is 10.1 Å². The number of thiocarbonyl (C=S) groups is 1. The van der Waals surface area contributed by atoms with Crippen LogP contribution in [-0.4, -0.2) is 67.2 Å². The first-order chi connectivity index (χ1) is 20.7. The molecule has 0 aliphatic heterocycles. The average molecular weight is 596 g/mol. The van der Waals surface area contributed by atoms with E-state index in [4.69, 9.17) is 22.2 Å². The number of aromatic amines is 2. The predicted octanol–water partition coefficient (Wildman–Crippen LogP) is 6.60. The molecule has 43 heavy (non-hydrogen) atoms. The second-order valence-corrected chi connectivity index (χ2v) is 10.9. The molecule has 0 bridgehead atoms. The first kappa shape index (κ1) is 29.7. The molecule has 0 fully saturated rings. The van der Waals surface area contributed by atoms with Crippen LogP contribution in [0.1, 0.15) is 30.3 Å². The molecule has 0 aliphatic carbocycles. The van der Waals surface area contributed by atoms with Crippen LogP contribution in [-0.2, 0) is 0 Å². The minimum Gasteiger partial charge on any atom is -0.384 e. The average Bonchev–Trinajstić information content (AvgIpc) is 3.58.